The number of hydrogen-bond donors (Lipinski definition) is 1. The molecule has 2 aliphatic heterocycles. The SMILES string of the molecule is Cl.O=C(NC1CCCC1)c1ccc2c(c1)CCN([C@@H]1CCN(C3CCC3)C1)C2=O. The van der Waals surface area contributed by atoms with Crippen molar-refractivity contribution in [1.82, 2.24) is 15.1 Å². The lowest BCUT2D eigenvalue weighted by molar-refractivity contribution is 0.0646. The molecule has 0 aromatic heterocycles. The Morgan fingerprint density at radius 1 is 0.966 bits per heavy atom. The predicted octanol–water partition coefficient (Wildman–Crippen LogP) is 3.41. The Kier molecular flexibility index (Phi) is 6.16. The van der Waals surface area contributed by atoms with Gasteiger partial charge in [0.1, 0.15) is 0 Å². The molecule has 0 radical (unpaired) electrons. The van der Waals surface area contributed by atoms with E-state index in [1.807, 2.05) is 18.2 Å². The van der Waals surface area contributed by atoms with Crippen LogP contribution in [-0.2, 0) is 6.42 Å². The zero-order chi connectivity index (χ0) is 19.1. The van der Waals surface area contributed by atoms with Gasteiger partial charge in [-0.1, -0.05) is 19.3 Å². The molecule has 1 aromatic carbocycles. The highest BCUT2D eigenvalue weighted by atomic mass is 35.5. The largest absolute Gasteiger partial charge is 0.349 e. The topological polar surface area (TPSA) is 52.7 Å². The summed E-state index contributed by atoms with van der Waals surface area (Å²) in [5.74, 6) is 0.168. The number of amides is 2. The van der Waals surface area contributed by atoms with Gasteiger partial charge in [0.15, 0.2) is 0 Å². The summed E-state index contributed by atoms with van der Waals surface area (Å²) in [5.41, 5.74) is 2.53. The zero-order valence-corrected chi connectivity index (χ0v) is 17.9. The van der Waals surface area contributed by atoms with Gasteiger partial charge in [-0.15, -0.1) is 12.4 Å². The Morgan fingerprint density at radius 2 is 1.76 bits per heavy atom. The minimum absolute atomic E-state index is 0. The van der Waals surface area contributed by atoms with E-state index in [9.17, 15) is 9.59 Å². The fourth-order valence-corrected chi connectivity index (χ4v) is 5.44. The first-order valence-electron chi connectivity index (χ1n) is 11.2. The molecule has 5 nitrogen and oxygen atoms in total. The number of rotatable bonds is 4. The van der Waals surface area contributed by atoms with Gasteiger partial charge in [-0.3, -0.25) is 14.5 Å². The second-order valence-electron chi connectivity index (χ2n) is 9.10. The minimum atomic E-state index is 0. The third kappa shape index (κ3) is 4.04. The average molecular weight is 418 g/mol. The molecule has 1 N–H and O–H groups in total. The molecule has 29 heavy (non-hydrogen) atoms. The highest BCUT2D eigenvalue weighted by molar-refractivity contribution is 6.00. The van der Waals surface area contributed by atoms with Gasteiger partial charge in [0.25, 0.3) is 11.8 Å². The highest BCUT2D eigenvalue weighted by Crippen LogP contribution is 2.31. The van der Waals surface area contributed by atoms with E-state index in [1.54, 1.807) is 0 Å². The summed E-state index contributed by atoms with van der Waals surface area (Å²) in [4.78, 5) is 30.4. The smallest absolute Gasteiger partial charge is 0.254 e. The molecule has 2 heterocycles. The van der Waals surface area contributed by atoms with Gasteiger partial charge in [0.2, 0.25) is 0 Å². The minimum Gasteiger partial charge on any atom is -0.349 e. The standard InChI is InChI=1S/C23H31N3O2.ClH/c27-22(24-18-4-1-2-5-18)17-8-9-21-16(14-17)10-13-26(23(21)28)20-11-12-25(15-20)19-6-3-7-19;/h8-9,14,18-20H,1-7,10-13,15H2,(H,24,27);1H/t20-;/m1./s1. The normalized spacial score (nSPS) is 25.4. The van der Waals surface area contributed by atoms with Crippen LogP contribution in [-0.4, -0.2) is 59.4 Å². The van der Waals surface area contributed by atoms with E-state index in [4.69, 9.17) is 0 Å². The van der Waals surface area contributed by atoms with Crippen molar-refractivity contribution >= 4 is 24.2 Å². The summed E-state index contributed by atoms with van der Waals surface area (Å²) in [6.45, 7) is 2.95. The molecular formula is C23H32ClN3O2. The molecule has 6 heteroatoms. The summed E-state index contributed by atoms with van der Waals surface area (Å²) in [7, 11) is 0. The number of hydrogen-bond acceptors (Lipinski definition) is 3. The third-order valence-electron chi connectivity index (χ3n) is 7.40. The summed E-state index contributed by atoms with van der Waals surface area (Å²) in [6.07, 6.45) is 10.6. The van der Waals surface area contributed by atoms with Crippen LogP contribution in [0.2, 0.25) is 0 Å². The summed E-state index contributed by atoms with van der Waals surface area (Å²) in [6, 6.07) is 7.10. The van der Waals surface area contributed by atoms with E-state index in [1.165, 1.54) is 32.1 Å². The van der Waals surface area contributed by atoms with Crippen LogP contribution >= 0.6 is 12.4 Å². The predicted molar refractivity (Wildman–Crippen MR) is 116 cm³/mol. The number of carbonyl (C=O) groups excluding carboxylic acids is 2. The summed E-state index contributed by atoms with van der Waals surface area (Å²) in [5, 5.41) is 3.15. The fourth-order valence-electron chi connectivity index (χ4n) is 5.44. The van der Waals surface area contributed by atoms with E-state index in [2.05, 4.69) is 15.1 Å². The van der Waals surface area contributed by atoms with Crippen LogP contribution in [0.25, 0.3) is 0 Å². The van der Waals surface area contributed by atoms with Gasteiger partial charge in [-0.05, 0) is 62.3 Å². The molecule has 4 aliphatic rings. The number of nitrogens with zero attached hydrogens (tertiary/aromatic N) is 2. The van der Waals surface area contributed by atoms with Crippen molar-refractivity contribution in [2.45, 2.75) is 75.9 Å². The van der Waals surface area contributed by atoms with Crippen LogP contribution in [0.3, 0.4) is 0 Å². The van der Waals surface area contributed by atoms with Crippen molar-refractivity contribution in [3.63, 3.8) is 0 Å². The van der Waals surface area contributed by atoms with Gasteiger partial charge >= 0.3 is 0 Å². The van der Waals surface area contributed by atoms with Crippen molar-refractivity contribution in [2.75, 3.05) is 19.6 Å². The van der Waals surface area contributed by atoms with Gasteiger partial charge in [-0.25, -0.2) is 0 Å². The average Bonchev–Trinajstić information content (AvgIpc) is 3.33. The summed E-state index contributed by atoms with van der Waals surface area (Å²) >= 11 is 0. The molecule has 5 rings (SSSR count). The third-order valence-corrected chi connectivity index (χ3v) is 7.40. The first kappa shape index (κ1) is 20.7. The van der Waals surface area contributed by atoms with Gasteiger partial charge in [0, 0.05) is 48.9 Å². The maximum absolute atomic E-state index is 13.1. The first-order valence-corrected chi connectivity index (χ1v) is 11.2. The lowest BCUT2D eigenvalue weighted by Gasteiger charge is -2.37. The second-order valence-corrected chi connectivity index (χ2v) is 9.10. The lowest BCUT2D eigenvalue weighted by Crippen LogP contribution is -2.47. The Balaban J connectivity index is 0.00000205. The van der Waals surface area contributed by atoms with Gasteiger partial charge in [-0.2, -0.15) is 0 Å². The van der Waals surface area contributed by atoms with Crippen molar-refractivity contribution < 1.29 is 9.59 Å². The molecule has 1 atom stereocenters. The Hall–Kier alpha value is -1.59. The van der Waals surface area contributed by atoms with Crippen LogP contribution in [0.4, 0.5) is 0 Å². The lowest BCUT2D eigenvalue weighted by atomic mass is 9.92. The maximum Gasteiger partial charge on any atom is 0.254 e. The van der Waals surface area contributed by atoms with E-state index < -0.39 is 0 Å². The monoisotopic (exact) mass is 417 g/mol. The molecule has 2 saturated carbocycles. The van der Waals surface area contributed by atoms with E-state index in [0.29, 0.717) is 17.6 Å². The van der Waals surface area contributed by atoms with E-state index in [-0.39, 0.29) is 24.2 Å². The number of nitrogens with one attached hydrogen (secondary N) is 1. The van der Waals surface area contributed by atoms with Crippen molar-refractivity contribution in [1.29, 1.82) is 0 Å². The summed E-state index contributed by atoms with van der Waals surface area (Å²) < 4.78 is 0. The van der Waals surface area contributed by atoms with Gasteiger partial charge in [0.05, 0.1) is 0 Å². The number of fused-ring (bicyclic) bond motifs is 1. The van der Waals surface area contributed by atoms with Crippen LogP contribution in [0, 0.1) is 0 Å². The zero-order valence-electron chi connectivity index (χ0n) is 17.1. The van der Waals surface area contributed by atoms with Gasteiger partial charge < -0.3 is 10.2 Å². The molecule has 158 valence electrons. The number of halogens is 1. The maximum atomic E-state index is 13.1. The van der Waals surface area contributed by atoms with E-state index in [0.717, 1.165) is 62.5 Å². The van der Waals surface area contributed by atoms with Crippen LogP contribution in [0.15, 0.2) is 18.2 Å². The fraction of sp³-hybridized carbons (Fsp3) is 0.652. The highest BCUT2D eigenvalue weighted by Gasteiger charge is 2.37. The molecule has 0 spiro atoms. The Morgan fingerprint density at radius 3 is 2.48 bits per heavy atom. The number of benzene rings is 1. The van der Waals surface area contributed by atoms with Crippen LogP contribution in [0.1, 0.15) is 77.6 Å². The Labute approximate surface area is 179 Å². The molecule has 3 fully saturated rings. The van der Waals surface area contributed by atoms with E-state index >= 15 is 0 Å². The van der Waals surface area contributed by atoms with Crippen molar-refractivity contribution in [3.05, 3.63) is 34.9 Å². The van der Waals surface area contributed by atoms with Crippen molar-refractivity contribution in [3.8, 4) is 0 Å². The molecule has 0 bridgehead atoms. The number of carbonyl (C=O) groups is 2. The molecule has 0 unspecified atom stereocenters. The molecule has 2 amide bonds. The molecule has 1 saturated heterocycles. The quantitative estimate of drug-likeness (QED) is 0.816. The van der Waals surface area contributed by atoms with Crippen LogP contribution < -0.4 is 5.32 Å². The second kappa shape index (κ2) is 8.65. The molecule has 1 aromatic rings. The first-order chi connectivity index (χ1) is 13.7. The van der Waals surface area contributed by atoms with Crippen molar-refractivity contribution in [2.24, 2.45) is 0 Å². The Bertz CT molecular complexity index is 773. The number of likely N-dealkylation sites (tertiary alicyclic amines) is 1. The molecule has 2 aliphatic carbocycles. The van der Waals surface area contributed by atoms with Crippen LogP contribution in [0.5, 0.6) is 0 Å². The molecular weight excluding hydrogens is 386 g/mol.